The molecule has 0 aliphatic carbocycles. The van der Waals surface area contributed by atoms with Crippen molar-refractivity contribution in [2.24, 2.45) is 0 Å². The van der Waals surface area contributed by atoms with Gasteiger partial charge in [-0.3, -0.25) is 9.48 Å². The lowest BCUT2D eigenvalue weighted by Gasteiger charge is -2.07. The summed E-state index contributed by atoms with van der Waals surface area (Å²) in [6.45, 7) is 0.741. The number of amides is 1. The molecule has 5 rings (SSSR count). The summed E-state index contributed by atoms with van der Waals surface area (Å²) in [6, 6.07) is 23.3. The highest BCUT2D eigenvalue weighted by molar-refractivity contribution is 6.32. The van der Waals surface area contributed by atoms with Crippen LogP contribution in [-0.2, 0) is 13.3 Å². The predicted octanol–water partition coefficient (Wildman–Crippen LogP) is 5.22. The van der Waals surface area contributed by atoms with Crippen LogP contribution in [0.15, 0.2) is 91.4 Å². The van der Waals surface area contributed by atoms with Gasteiger partial charge in [-0.25, -0.2) is 4.68 Å². The number of nitrogens with one attached hydrogen (secondary N) is 1. The first-order valence-electron chi connectivity index (χ1n) is 10.4. The van der Waals surface area contributed by atoms with E-state index in [9.17, 15) is 4.79 Å². The lowest BCUT2D eigenvalue weighted by atomic mass is 10.0. The summed E-state index contributed by atoms with van der Waals surface area (Å²) < 4.78 is 8.98. The van der Waals surface area contributed by atoms with Crippen molar-refractivity contribution in [3.05, 3.63) is 108 Å². The smallest absolute Gasteiger partial charge is 0.276 e. The zero-order chi connectivity index (χ0) is 22.6. The fourth-order valence-electron chi connectivity index (χ4n) is 3.57. The third kappa shape index (κ3) is 4.73. The molecule has 0 unspecified atom stereocenters. The molecule has 2 heterocycles. The normalized spacial score (nSPS) is 10.9. The lowest BCUT2D eigenvalue weighted by molar-refractivity contribution is 0.102. The van der Waals surface area contributed by atoms with Crippen molar-refractivity contribution in [2.75, 3.05) is 5.32 Å². The fourth-order valence-corrected chi connectivity index (χ4v) is 3.76. The second-order valence-electron chi connectivity index (χ2n) is 7.46. The molecule has 0 bridgehead atoms. The Balaban J connectivity index is 1.22. The van der Waals surface area contributed by atoms with Gasteiger partial charge in [-0.2, -0.15) is 10.2 Å². The van der Waals surface area contributed by atoms with Crippen LogP contribution in [0.5, 0.6) is 5.75 Å². The average molecular weight is 458 g/mol. The standard InChI is InChI=1S/C25H20ClN5O2/c26-22-10-3-4-11-24(22)33-17-30-13-12-23(29-30)25(32)28-20-14-27-31(16-20)15-19-8-5-7-18-6-1-2-9-21(18)19/h1-14,16H,15,17H2,(H,28,32). The Hall–Kier alpha value is -4.10. The molecule has 0 aliphatic heterocycles. The second kappa shape index (κ2) is 9.18. The van der Waals surface area contributed by atoms with Crippen LogP contribution >= 0.6 is 11.6 Å². The number of hydrogen-bond donors (Lipinski definition) is 1. The van der Waals surface area contributed by atoms with E-state index in [-0.39, 0.29) is 18.3 Å². The Morgan fingerprint density at radius 3 is 2.70 bits per heavy atom. The molecule has 164 valence electrons. The molecule has 3 aromatic carbocycles. The molecular weight excluding hydrogens is 438 g/mol. The monoisotopic (exact) mass is 457 g/mol. The Bertz CT molecular complexity index is 1420. The van der Waals surface area contributed by atoms with Gasteiger partial charge in [0, 0.05) is 12.4 Å². The van der Waals surface area contributed by atoms with E-state index in [2.05, 4.69) is 39.8 Å². The molecule has 7 nitrogen and oxygen atoms in total. The molecule has 33 heavy (non-hydrogen) atoms. The van der Waals surface area contributed by atoms with Crippen LogP contribution in [0, 0.1) is 0 Å². The Morgan fingerprint density at radius 1 is 0.970 bits per heavy atom. The van der Waals surface area contributed by atoms with Crippen molar-refractivity contribution >= 4 is 34.0 Å². The molecular formula is C25H20ClN5O2. The summed E-state index contributed by atoms with van der Waals surface area (Å²) in [6.07, 6.45) is 5.10. The third-order valence-corrected chi connectivity index (χ3v) is 5.48. The summed E-state index contributed by atoms with van der Waals surface area (Å²) in [5.74, 6) is 0.232. The largest absolute Gasteiger partial charge is 0.470 e. The van der Waals surface area contributed by atoms with Gasteiger partial charge in [0.25, 0.3) is 5.91 Å². The van der Waals surface area contributed by atoms with E-state index in [1.54, 1.807) is 41.5 Å². The van der Waals surface area contributed by atoms with Crippen LogP contribution in [0.4, 0.5) is 5.69 Å². The van der Waals surface area contributed by atoms with Crippen molar-refractivity contribution in [2.45, 2.75) is 13.3 Å². The van der Waals surface area contributed by atoms with Gasteiger partial charge >= 0.3 is 0 Å². The summed E-state index contributed by atoms with van der Waals surface area (Å²) in [5.41, 5.74) is 2.04. The van der Waals surface area contributed by atoms with Crippen LogP contribution in [0.2, 0.25) is 5.02 Å². The summed E-state index contributed by atoms with van der Waals surface area (Å²) in [4.78, 5) is 12.6. The number of benzene rings is 3. The second-order valence-corrected chi connectivity index (χ2v) is 7.87. The number of para-hydroxylation sites is 1. The van der Waals surface area contributed by atoms with Crippen LogP contribution in [0.3, 0.4) is 0 Å². The molecule has 1 amide bonds. The van der Waals surface area contributed by atoms with E-state index < -0.39 is 0 Å². The van der Waals surface area contributed by atoms with Crippen molar-refractivity contribution in [1.82, 2.24) is 19.6 Å². The van der Waals surface area contributed by atoms with Crippen molar-refractivity contribution in [1.29, 1.82) is 0 Å². The molecule has 8 heteroatoms. The maximum atomic E-state index is 12.6. The number of carbonyl (C=O) groups is 1. The van der Waals surface area contributed by atoms with Gasteiger partial charge in [0.05, 0.1) is 23.5 Å². The molecule has 0 fully saturated rings. The molecule has 0 atom stereocenters. The molecule has 0 spiro atoms. The Labute approximate surface area is 195 Å². The molecule has 1 N–H and O–H groups in total. The number of carbonyl (C=O) groups excluding carboxylic acids is 1. The number of rotatable bonds is 7. The minimum Gasteiger partial charge on any atom is -0.470 e. The van der Waals surface area contributed by atoms with Gasteiger partial charge < -0.3 is 10.1 Å². The Kier molecular flexibility index (Phi) is 5.78. The number of aromatic nitrogens is 4. The van der Waals surface area contributed by atoms with Crippen molar-refractivity contribution in [3.8, 4) is 5.75 Å². The van der Waals surface area contributed by atoms with E-state index in [0.717, 1.165) is 5.56 Å². The third-order valence-electron chi connectivity index (χ3n) is 5.17. The van der Waals surface area contributed by atoms with Gasteiger partial charge in [0.1, 0.15) is 5.75 Å². The molecule has 0 aliphatic rings. The number of ether oxygens (including phenoxy) is 1. The summed E-state index contributed by atoms with van der Waals surface area (Å²) in [7, 11) is 0. The number of anilines is 1. The fraction of sp³-hybridized carbons (Fsp3) is 0.0800. The maximum Gasteiger partial charge on any atom is 0.276 e. The van der Waals surface area contributed by atoms with Gasteiger partial charge in [-0.1, -0.05) is 66.2 Å². The highest BCUT2D eigenvalue weighted by Crippen LogP contribution is 2.23. The van der Waals surface area contributed by atoms with Crippen LogP contribution in [0.25, 0.3) is 10.8 Å². The predicted molar refractivity (Wildman–Crippen MR) is 128 cm³/mol. The maximum absolute atomic E-state index is 12.6. The molecule has 0 radical (unpaired) electrons. The number of nitrogens with zero attached hydrogens (tertiary/aromatic N) is 4. The zero-order valence-corrected chi connectivity index (χ0v) is 18.3. The number of halogens is 1. The first kappa shape index (κ1) is 20.8. The highest BCUT2D eigenvalue weighted by Gasteiger charge is 2.12. The minimum absolute atomic E-state index is 0.139. The number of fused-ring (bicyclic) bond motifs is 1. The summed E-state index contributed by atoms with van der Waals surface area (Å²) in [5, 5.41) is 14.4. The molecule has 2 aromatic heterocycles. The van der Waals surface area contributed by atoms with E-state index >= 15 is 0 Å². The SMILES string of the molecule is O=C(Nc1cnn(Cc2cccc3ccccc23)c1)c1ccn(COc2ccccc2Cl)n1. The molecule has 0 saturated heterocycles. The number of hydrogen-bond acceptors (Lipinski definition) is 4. The van der Waals surface area contributed by atoms with Gasteiger partial charge in [0.15, 0.2) is 12.4 Å². The summed E-state index contributed by atoms with van der Waals surface area (Å²) >= 11 is 6.09. The Morgan fingerprint density at radius 2 is 1.79 bits per heavy atom. The first-order valence-corrected chi connectivity index (χ1v) is 10.7. The highest BCUT2D eigenvalue weighted by atomic mass is 35.5. The van der Waals surface area contributed by atoms with E-state index in [0.29, 0.717) is 23.0 Å². The lowest BCUT2D eigenvalue weighted by Crippen LogP contribution is -2.14. The van der Waals surface area contributed by atoms with Gasteiger partial charge in [-0.05, 0) is 34.5 Å². The van der Waals surface area contributed by atoms with E-state index in [1.165, 1.54) is 15.5 Å². The van der Waals surface area contributed by atoms with Crippen LogP contribution < -0.4 is 10.1 Å². The molecule has 5 aromatic rings. The van der Waals surface area contributed by atoms with Gasteiger partial charge in [0.2, 0.25) is 0 Å². The van der Waals surface area contributed by atoms with Crippen molar-refractivity contribution < 1.29 is 9.53 Å². The first-order chi connectivity index (χ1) is 16.2. The van der Waals surface area contributed by atoms with E-state index in [4.69, 9.17) is 16.3 Å². The van der Waals surface area contributed by atoms with Crippen LogP contribution in [-0.4, -0.2) is 25.5 Å². The topological polar surface area (TPSA) is 74.0 Å². The minimum atomic E-state index is -0.323. The van der Waals surface area contributed by atoms with E-state index in [1.807, 2.05) is 30.3 Å². The average Bonchev–Trinajstić information content (AvgIpc) is 3.48. The zero-order valence-electron chi connectivity index (χ0n) is 17.6. The van der Waals surface area contributed by atoms with Crippen LogP contribution in [0.1, 0.15) is 16.1 Å². The molecule has 0 saturated carbocycles. The quantitative estimate of drug-likeness (QED) is 0.363. The van der Waals surface area contributed by atoms with Crippen molar-refractivity contribution in [3.63, 3.8) is 0 Å². The van der Waals surface area contributed by atoms with Gasteiger partial charge in [-0.15, -0.1) is 0 Å².